The quantitative estimate of drug-likeness (QED) is 0.710. The monoisotopic (exact) mass is 218 g/mol. The van der Waals surface area contributed by atoms with Crippen LogP contribution in [0.15, 0.2) is 30.4 Å². The molecule has 0 aromatic heterocycles. The maximum Gasteiger partial charge on any atom is 0.161 e. The van der Waals surface area contributed by atoms with Crippen LogP contribution in [-0.2, 0) is 6.42 Å². The molecule has 16 heavy (non-hydrogen) atoms. The Bertz CT molecular complexity index is 394. The van der Waals surface area contributed by atoms with Crippen molar-refractivity contribution in [2.24, 2.45) is 5.92 Å². The lowest BCUT2D eigenvalue weighted by Crippen LogP contribution is -2.02. The number of hydrogen-bond donors (Lipinski definition) is 0. The van der Waals surface area contributed by atoms with Gasteiger partial charge in [0.2, 0.25) is 0 Å². The zero-order valence-corrected chi connectivity index (χ0v) is 9.95. The minimum Gasteiger partial charge on any atom is -0.485 e. The van der Waals surface area contributed by atoms with Crippen molar-refractivity contribution in [1.29, 1.82) is 0 Å². The molecule has 1 aliphatic rings. The lowest BCUT2D eigenvalue weighted by Gasteiger charge is -2.10. The van der Waals surface area contributed by atoms with E-state index in [1.807, 2.05) is 6.07 Å². The molecule has 0 N–H and O–H groups in total. The Hall–Kier alpha value is -1.44. The summed E-state index contributed by atoms with van der Waals surface area (Å²) < 4.78 is 11.3. The van der Waals surface area contributed by atoms with Gasteiger partial charge in [-0.1, -0.05) is 26.5 Å². The summed E-state index contributed by atoms with van der Waals surface area (Å²) in [7, 11) is 0. The second-order valence-electron chi connectivity index (χ2n) is 4.71. The summed E-state index contributed by atoms with van der Waals surface area (Å²) in [4.78, 5) is 0. The first-order valence-electron chi connectivity index (χ1n) is 5.70. The molecule has 0 bridgehead atoms. The Morgan fingerprint density at radius 3 is 2.56 bits per heavy atom. The van der Waals surface area contributed by atoms with E-state index in [9.17, 15) is 0 Å². The van der Waals surface area contributed by atoms with E-state index in [-0.39, 0.29) is 0 Å². The number of rotatable bonds is 2. The largest absolute Gasteiger partial charge is 0.485 e. The predicted octanol–water partition coefficient (Wildman–Crippen LogP) is 3.21. The van der Waals surface area contributed by atoms with E-state index in [1.165, 1.54) is 5.56 Å². The van der Waals surface area contributed by atoms with Crippen LogP contribution in [0.3, 0.4) is 0 Å². The first-order chi connectivity index (χ1) is 7.65. The molecule has 0 saturated heterocycles. The fourth-order valence-corrected chi connectivity index (χ4v) is 1.78. The summed E-state index contributed by atoms with van der Waals surface area (Å²) in [5, 5.41) is 0. The third-order valence-corrected chi connectivity index (χ3v) is 2.52. The minimum absolute atomic E-state index is 0.552. The Labute approximate surface area is 96.9 Å². The molecule has 1 aliphatic heterocycles. The van der Waals surface area contributed by atoms with Gasteiger partial charge in [-0.05, 0) is 35.6 Å². The van der Waals surface area contributed by atoms with Crippen molar-refractivity contribution < 1.29 is 9.47 Å². The smallest absolute Gasteiger partial charge is 0.161 e. The minimum atomic E-state index is 0.552. The Morgan fingerprint density at radius 1 is 1.19 bits per heavy atom. The van der Waals surface area contributed by atoms with E-state index in [1.54, 1.807) is 0 Å². The van der Waals surface area contributed by atoms with Crippen molar-refractivity contribution in [1.82, 2.24) is 0 Å². The van der Waals surface area contributed by atoms with E-state index >= 15 is 0 Å². The highest BCUT2D eigenvalue weighted by atomic mass is 16.5. The average Bonchev–Trinajstić information content (AvgIpc) is 2.40. The fourth-order valence-electron chi connectivity index (χ4n) is 1.78. The number of benzene rings is 1. The summed E-state index contributed by atoms with van der Waals surface area (Å²) >= 11 is 0. The van der Waals surface area contributed by atoms with Crippen LogP contribution in [0.5, 0.6) is 11.5 Å². The van der Waals surface area contributed by atoms with Crippen LogP contribution in [0.2, 0.25) is 0 Å². The van der Waals surface area contributed by atoms with Crippen molar-refractivity contribution in [3.63, 3.8) is 0 Å². The van der Waals surface area contributed by atoms with E-state index in [0.717, 1.165) is 23.5 Å². The SMILES string of the molecule is C=C1COc2ccc(CC(C)C)cc2OC1. The lowest BCUT2D eigenvalue weighted by atomic mass is 10.0. The van der Waals surface area contributed by atoms with Crippen molar-refractivity contribution in [2.45, 2.75) is 20.3 Å². The Kier molecular flexibility index (Phi) is 3.18. The molecule has 0 radical (unpaired) electrons. The van der Waals surface area contributed by atoms with Gasteiger partial charge >= 0.3 is 0 Å². The molecule has 0 fully saturated rings. The van der Waals surface area contributed by atoms with E-state index in [0.29, 0.717) is 19.1 Å². The maximum absolute atomic E-state index is 5.66. The van der Waals surface area contributed by atoms with Gasteiger partial charge in [0, 0.05) is 0 Å². The van der Waals surface area contributed by atoms with Gasteiger partial charge in [-0.25, -0.2) is 0 Å². The Morgan fingerprint density at radius 2 is 1.88 bits per heavy atom. The zero-order valence-electron chi connectivity index (χ0n) is 9.95. The van der Waals surface area contributed by atoms with Gasteiger partial charge < -0.3 is 9.47 Å². The summed E-state index contributed by atoms with van der Waals surface area (Å²) in [6.45, 7) is 9.41. The van der Waals surface area contributed by atoms with Gasteiger partial charge in [-0.15, -0.1) is 0 Å². The van der Waals surface area contributed by atoms with Crippen LogP contribution in [0, 0.1) is 5.92 Å². The van der Waals surface area contributed by atoms with Gasteiger partial charge in [-0.3, -0.25) is 0 Å². The van der Waals surface area contributed by atoms with Crippen molar-refractivity contribution in [3.8, 4) is 11.5 Å². The third-order valence-electron chi connectivity index (χ3n) is 2.52. The highest BCUT2D eigenvalue weighted by Gasteiger charge is 2.12. The number of hydrogen-bond acceptors (Lipinski definition) is 2. The predicted molar refractivity (Wildman–Crippen MR) is 65.1 cm³/mol. The normalized spacial score (nSPS) is 15.1. The van der Waals surface area contributed by atoms with E-state index in [2.05, 4.69) is 32.6 Å². The Balaban J connectivity index is 2.21. The fraction of sp³-hybridized carbons (Fsp3) is 0.429. The van der Waals surface area contributed by atoms with Crippen molar-refractivity contribution >= 4 is 0 Å². The average molecular weight is 218 g/mol. The summed E-state index contributed by atoms with van der Waals surface area (Å²) in [5.41, 5.74) is 2.27. The summed E-state index contributed by atoms with van der Waals surface area (Å²) in [6, 6.07) is 6.18. The molecule has 0 saturated carbocycles. The zero-order chi connectivity index (χ0) is 11.5. The van der Waals surface area contributed by atoms with Crippen molar-refractivity contribution in [3.05, 3.63) is 35.9 Å². The highest BCUT2D eigenvalue weighted by molar-refractivity contribution is 5.44. The first kappa shape index (κ1) is 11.1. The van der Waals surface area contributed by atoms with Crippen LogP contribution < -0.4 is 9.47 Å². The molecule has 0 atom stereocenters. The van der Waals surface area contributed by atoms with Crippen LogP contribution >= 0.6 is 0 Å². The third kappa shape index (κ3) is 2.57. The molecule has 0 amide bonds. The maximum atomic E-state index is 5.66. The first-order valence-corrected chi connectivity index (χ1v) is 5.70. The molecular weight excluding hydrogens is 200 g/mol. The molecule has 0 aliphatic carbocycles. The van der Waals surface area contributed by atoms with Gasteiger partial charge in [-0.2, -0.15) is 0 Å². The standard InChI is InChI=1S/C14H18O2/c1-10(2)6-12-4-5-13-14(7-12)16-9-11(3)8-15-13/h4-5,7,10H,3,6,8-9H2,1-2H3. The molecule has 1 aromatic carbocycles. The molecular formula is C14H18O2. The van der Waals surface area contributed by atoms with Crippen LogP contribution in [0.25, 0.3) is 0 Å². The molecule has 2 nitrogen and oxygen atoms in total. The van der Waals surface area contributed by atoms with Gasteiger partial charge in [0.05, 0.1) is 0 Å². The number of fused-ring (bicyclic) bond motifs is 1. The molecule has 1 aromatic rings. The summed E-state index contributed by atoms with van der Waals surface area (Å²) in [5.74, 6) is 2.32. The molecule has 0 unspecified atom stereocenters. The second-order valence-corrected chi connectivity index (χ2v) is 4.71. The van der Waals surface area contributed by atoms with Crippen molar-refractivity contribution in [2.75, 3.05) is 13.2 Å². The van der Waals surface area contributed by atoms with Crippen LogP contribution in [0.4, 0.5) is 0 Å². The second kappa shape index (κ2) is 4.60. The molecule has 86 valence electrons. The van der Waals surface area contributed by atoms with Crippen LogP contribution in [0.1, 0.15) is 19.4 Å². The molecule has 2 rings (SSSR count). The highest BCUT2D eigenvalue weighted by Crippen LogP contribution is 2.31. The van der Waals surface area contributed by atoms with E-state index < -0.39 is 0 Å². The summed E-state index contributed by atoms with van der Waals surface area (Å²) in [6.07, 6.45) is 1.07. The number of ether oxygens (including phenoxy) is 2. The van der Waals surface area contributed by atoms with E-state index in [4.69, 9.17) is 9.47 Å². The molecule has 0 spiro atoms. The topological polar surface area (TPSA) is 18.5 Å². The molecule has 2 heteroatoms. The van der Waals surface area contributed by atoms with Gasteiger partial charge in [0.15, 0.2) is 11.5 Å². The molecule has 1 heterocycles. The van der Waals surface area contributed by atoms with Gasteiger partial charge in [0.1, 0.15) is 13.2 Å². The van der Waals surface area contributed by atoms with Gasteiger partial charge in [0.25, 0.3) is 0 Å². The lowest BCUT2D eigenvalue weighted by molar-refractivity contribution is 0.354. The van der Waals surface area contributed by atoms with Crippen LogP contribution in [-0.4, -0.2) is 13.2 Å².